The van der Waals surface area contributed by atoms with Crippen LogP contribution >= 0.6 is 35.3 Å². The summed E-state index contributed by atoms with van der Waals surface area (Å²) in [7, 11) is 3.37. The van der Waals surface area contributed by atoms with E-state index < -0.39 is 12.7 Å². The molecule has 1 aliphatic rings. The molecule has 6 nitrogen and oxygen atoms in total. The third-order valence-electron chi connectivity index (χ3n) is 4.82. The van der Waals surface area contributed by atoms with E-state index in [0.717, 1.165) is 11.3 Å². The Bertz CT molecular complexity index is 670. The Kier molecular flexibility index (Phi) is 11.4. The van der Waals surface area contributed by atoms with Gasteiger partial charge in [0.05, 0.1) is 13.1 Å². The lowest BCUT2D eigenvalue weighted by atomic mass is 10.1. The maximum absolute atomic E-state index is 12.7. The molecule has 0 bridgehead atoms. The molecule has 0 aliphatic carbocycles. The van der Waals surface area contributed by atoms with Crippen LogP contribution in [0.1, 0.15) is 18.2 Å². The van der Waals surface area contributed by atoms with Crippen LogP contribution in [0.3, 0.4) is 0 Å². The van der Waals surface area contributed by atoms with Gasteiger partial charge >= 0.3 is 6.18 Å². The van der Waals surface area contributed by atoms with Gasteiger partial charge in [0.25, 0.3) is 0 Å². The second-order valence-corrected chi connectivity index (χ2v) is 8.44. The van der Waals surface area contributed by atoms with Crippen molar-refractivity contribution < 1.29 is 18.0 Å². The van der Waals surface area contributed by atoms with E-state index in [0.29, 0.717) is 38.7 Å². The van der Waals surface area contributed by atoms with Crippen molar-refractivity contribution >= 4 is 47.2 Å². The molecule has 1 saturated heterocycles. The average molecular weight is 561 g/mol. The summed E-state index contributed by atoms with van der Waals surface area (Å²) in [5, 5.41) is 5.30. The fourth-order valence-electron chi connectivity index (χ4n) is 3.23. The Hall–Kier alpha value is -1.08. The summed E-state index contributed by atoms with van der Waals surface area (Å²) in [5.41, 5.74) is 0. The normalized spacial score (nSPS) is 17.2. The molecule has 0 aromatic carbocycles. The molecule has 1 N–H and O–H groups in total. The van der Waals surface area contributed by atoms with Crippen molar-refractivity contribution in [3.8, 4) is 0 Å². The zero-order chi connectivity index (χ0) is 21.4. The number of rotatable bonds is 8. The third-order valence-corrected chi connectivity index (χ3v) is 5.69. The summed E-state index contributed by atoms with van der Waals surface area (Å²) in [6.45, 7) is 3.61. The molecule has 1 aromatic heterocycles. The molecule has 2 heterocycles. The van der Waals surface area contributed by atoms with Gasteiger partial charge in [0, 0.05) is 38.6 Å². The molecular formula is C19H31F3IN5OS. The zero-order valence-corrected chi connectivity index (χ0v) is 20.8. The number of amides is 1. The lowest BCUT2D eigenvalue weighted by molar-refractivity contribution is -0.146. The van der Waals surface area contributed by atoms with E-state index in [1.165, 1.54) is 9.80 Å². The number of likely N-dealkylation sites (tertiary alicyclic amines) is 1. The monoisotopic (exact) mass is 561 g/mol. The maximum atomic E-state index is 12.7. The minimum atomic E-state index is -4.18. The Balaban J connectivity index is 0.00000450. The minimum Gasteiger partial charge on any atom is -0.351 e. The summed E-state index contributed by atoms with van der Waals surface area (Å²) < 4.78 is 38.2. The molecule has 0 spiro atoms. The third kappa shape index (κ3) is 9.38. The number of thiophene rings is 1. The zero-order valence-electron chi connectivity index (χ0n) is 17.6. The van der Waals surface area contributed by atoms with Gasteiger partial charge in [-0.1, -0.05) is 13.0 Å². The summed E-state index contributed by atoms with van der Waals surface area (Å²) in [4.78, 5) is 22.5. The van der Waals surface area contributed by atoms with Gasteiger partial charge < -0.3 is 15.1 Å². The number of nitrogens with zero attached hydrogens (tertiary/aromatic N) is 4. The second kappa shape index (κ2) is 12.7. The Labute approximate surface area is 197 Å². The average Bonchev–Trinajstić information content (AvgIpc) is 3.31. The first-order chi connectivity index (χ1) is 13.7. The minimum absolute atomic E-state index is 0. The van der Waals surface area contributed by atoms with Crippen LogP contribution in [0.4, 0.5) is 13.2 Å². The molecule has 172 valence electrons. The van der Waals surface area contributed by atoms with Crippen molar-refractivity contribution in [2.75, 3.05) is 53.4 Å². The molecule has 1 unspecified atom stereocenters. The van der Waals surface area contributed by atoms with Crippen LogP contribution in [-0.4, -0.2) is 86.1 Å². The van der Waals surface area contributed by atoms with Crippen molar-refractivity contribution in [1.29, 1.82) is 0 Å². The molecule has 1 aliphatic heterocycles. The van der Waals surface area contributed by atoms with E-state index in [4.69, 9.17) is 0 Å². The molecule has 1 atom stereocenters. The van der Waals surface area contributed by atoms with Crippen LogP contribution < -0.4 is 5.32 Å². The van der Waals surface area contributed by atoms with E-state index in [1.807, 2.05) is 22.4 Å². The number of hydrogen-bond donors (Lipinski definition) is 1. The number of carbonyl (C=O) groups excluding carboxylic acids is 1. The first kappa shape index (κ1) is 27.0. The maximum Gasteiger partial charge on any atom is 0.401 e. The standard InChI is InChI=1S/C19H30F3N5OS.HI/c1-4-26(14-19(20,21)22)12-15-7-8-27(13-15)18(24-11-17(28)25(2)3)23-10-16-6-5-9-29-16;/h5-6,9,15H,4,7-8,10-14H2,1-3H3,(H,23,24);1H. The number of alkyl halides is 3. The Morgan fingerprint density at radius 3 is 2.70 bits per heavy atom. The number of aliphatic imine (C=N–C) groups is 1. The van der Waals surface area contributed by atoms with E-state index >= 15 is 0 Å². The van der Waals surface area contributed by atoms with E-state index in [-0.39, 0.29) is 42.3 Å². The largest absolute Gasteiger partial charge is 0.401 e. The van der Waals surface area contributed by atoms with Crippen molar-refractivity contribution in [2.24, 2.45) is 10.9 Å². The van der Waals surface area contributed by atoms with Crippen molar-refractivity contribution in [2.45, 2.75) is 26.1 Å². The highest BCUT2D eigenvalue weighted by atomic mass is 127. The summed E-state index contributed by atoms with van der Waals surface area (Å²) in [6.07, 6.45) is -3.38. The lowest BCUT2D eigenvalue weighted by Crippen LogP contribution is -2.42. The van der Waals surface area contributed by atoms with E-state index in [1.54, 1.807) is 32.4 Å². The van der Waals surface area contributed by atoms with Crippen LogP contribution in [-0.2, 0) is 11.3 Å². The van der Waals surface area contributed by atoms with Gasteiger partial charge in [-0.15, -0.1) is 35.3 Å². The van der Waals surface area contributed by atoms with Crippen molar-refractivity contribution in [3.63, 3.8) is 0 Å². The Morgan fingerprint density at radius 1 is 1.40 bits per heavy atom. The van der Waals surface area contributed by atoms with E-state index in [2.05, 4.69) is 10.3 Å². The number of carbonyl (C=O) groups is 1. The molecule has 2 rings (SSSR count). The van der Waals surface area contributed by atoms with Crippen molar-refractivity contribution in [3.05, 3.63) is 22.4 Å². The van der Waals surface area contributed by atoms with Gasteiger partial charge in [0.1, 0.15) is 6.54 Å². The van der Waals surface area contributed by atoms with Gasteiger partial charge in [-0.05, 0) is 30.3 Å². The number of guanidine groups is 1. The quantitative estimate of drug-likeness (QED) is 0.301. The Morgan fingerprint density at radius 2 is 2.13 bits per heavy atom. The van der Waals surface area contributed by atoms with Gasteiger partial charge in [-0.3, -0.25) is 9.69 Å². The number of nitrogens with one attached hydrogen (secondary N) is 1. The molecule has 30 heavy (non-hydrogen) atoms. The molecule has 0 saturated carbocycles. The number of hydrogen-bond acceptors (Lipinski definition) is 4. The number of halogens is 4. The van der Waals surface area contributed by atoms with Crippen LogP contribution in [0.2, 0.25) is 0 Å². The SMILES string of the molecule is CCN(CC1CCN(C(=NCC(=O)N(C)C)NCc2cccs2)C1)CC(F)(F)F.I. The fraction of sp³-hybridized carbons (Fsp3) is 0.684. The molecule has 11 heteroatoms. The topological polar surface area (TPSA) is 51.2 Å². The molecular weight excluding hydrogens is 530 g/mol. The highest BCUT2D eigenvalue weighted by Gasteiger charge is 2.33. The predicted molar refractivity (Wildman–Crippen MR) is 125 cm³/mol. The fourth-order valence-corrected chi connectivity index (χ4v) is 3.87. The molecule has 1 amide bonds. The second-order valence-electron chi connectivity index (χ2n) is 7.40. The van der Waals surface area contributed by atoms with Crippen LogP contribution in [0.5, 0.6) is 0 Å². The summed E-state index contributed by atoms with van der Waals surface area (Å²) in [6, 6.07) is 3.99. The van der Waals surface area contributed by atoms with Crippen LogP contribution in [0, 0.1) is 5.92 Å². The smallest absolute Gasteiger partial charge is 0.351 e. The van der Waals surface area contributed by atoms with E-state index in [9.17, 15) is 18.0 Å². The van der Waals surface area contributed by atoms with Crippen LogP contribution in [0.15, 0.2) is 22.5 Å². The van der Waals surface area contributed by atoms with Crippen LogP contribution in [0.25, 0.3) is 0 Å². The van der Waals surface area contributed by atoms with Crippen molar-refractivity contribution in [1.82, 2.24) is 20.0 Å². The molecule has 0 radical (unpaired) electrons. The summed E-state index contributed by atoms with van der Waals surface area (Å²) in [5.74, 6) is 0.670. The predicted octanol–water partition coefficient (Wildman–Crippen LogP) is 3.11. The number of likely N-dealkylation sites (N-methyl/N-ethyl adjacent to an activating group) is 1. The molecule has 1 aromatic rings. The first-order valence-electron chi connectivity index (χ1n) is 9.72. The highest BCUT2D eigenvalue weighted by Crippen LogP contribution is 2.21. The lowest BCUT2D eigenvalue weighted by Gasteiger charge is -2.26. The van der Waals surface area contributed by atoms with Gasteiger partial charge in [-0.25, -0.2) is 4.99 Å². The highest BCUT2D eigenvalue weighted by molar-refractivity contribution is 14.0. The van der Waals surface area contributed by atoms with Gasteiger partial charge in [0.15, 0.2) is 5.96 Å². The molecule has 1 fully saturated rings. The summed E-state index contributed by atoms with van der Waals surface area (Å²) >= 11 is 1.63. The van der Waals surface area contributed by atoms with Gasteiger partial charge in [0.2, 0.25) is 5.91 Å². The first-order valence-corrected chi connectivity index (χ1v) is 10.6. The van der Waals surface area contributed by atoms with Gasteiger partial charge in [-0.2, -0.15) is 13.2 Å².